The van der Waals surface area contributed by atoms with Gasteiger partial charge in [-0.05, 0) is 49.2 Å². The van der Waals surface area contributed by atoms with Gasteiger partial charge < -0.3 is 15.1 Å². The average Bonchev–Trinajstić information content (AvgIpc) is 3.34. The van der Waals surface area contributed by atoms with Gasteiger partial charge in [0.15, 0.2) is 0 Å². The Bertz CT molecular complexity index is 1170. The number of hydrogen-bond donors (Lipinski definition) is 2. The SMILES string of the molecule is CCNC(=O)c1cccc(CN2C(=O)c3ccc(-c4cn[nH]c4)cc3N(C)C(=O)[C@H]2C)c1. The van der Waals surface area contributed by atoms with Gasteiger partial charge in [-0.2, -0.15) is 5.10 Å². The van der Waals surface area contributed by atoms with Crippen molar-refractivity contribution in [3.8, 4) is 11.1 Å². The van der Waals surface area contributed by atoms with Crippen LogP contribution in [0.25, 0.3) is 11.1 Å². The third-order valence-corrected chi connectivity index (χ3v) is 5.72. The molecule has 0 bridgehead atoms. The number of rotatable bonds is 5. The van der Waals surface area contributed by atoms with E-state index in [9.17, 15) is 14.4 Å². The number of aromatic amines is 1. The van der Waals surface area contributed by atoms with E-state index in [4.69, 9.17) is 0 Å². The molecule has 4 rings (SSSR count). The molecule has 8 heteroatoms. The molecule has 3 amide bonds. The second-order valence-electron chi connectivity index (χ2n) is 7.79. The van der Waals surface area contributed by atoms with Crippen molar-refractivity contribution in [1.82, 2.24) is 20.4 Å². The van der Waals surface area contributed by atoms with Crippen LogP contribution in [0.3, 0.4) is 0 Å². The van der Waals surface area contributed by atoms with Crippen LogP contribution in [0, 0.1) is 0 Å². The van der Waals surface area contributed by atoms with Crippen molar-refractivity contribution in [2.24, 2.45) is 0 Å². The Labute approximate surface area is 186 Å². The van der Waals surface area contributed by atoms with Gasteiger partial charge in [-0.25, -0.2) is 0 Å². The molecule has 1 aliphatic rings. The van der Waals surface area contributed by atoms with Crippen LogP contribution >= 0.6 is 0 Å². The van der Waals surface area contributed by atoms with Gasteiger partial charge in [0.1, 0.15) is 6.04 Å². The summed E-state index contributed by atoms with van der Waals surface area (Å²) in [7, 11) is 1.68. The summed E-state index contributed by atoms with van der Waals surface area (Å²) in [5, 5.41) is 9.52. The minimum absolute atomic E-state index is 0.169. The van der Waals surface area contributed by atoms with Crippen LogP contribution < -0.4 is 10.2 Å². The molecule has 1 aromatic heterocycles. The van der Waals surface area contributed by atoms with E-state index in [0.29, 0.717) is 23.4 Å². The van der Waals surface area contributed by atoms with E-state index in [0.717, 1.165) is 16.7 Å². The first-order valence-electron chi connectivity index (χ1n) is 10.5. The highest BCUT2D eigenvalue weighted by Crippen LogP contribution is 2.32. The zero-order valence-electron chi connectivity index (χ0n) is 18.3. The summed E-state index contributed by atoms with van der Waals surface area (Å²) < 4.78 is 0. The van der Waals surface area contributed by atoms with Gasteiger partial charge in [0.2, 0.25) is 5.91 Å². The third-order valence-electron chi connectivity index (χ3n) is 5.72. The molecule has 0 unspecified atom stereocenters. The fourth-order valence-electron chi connectivity index (χ4n) is 3.92. The molecule has 0 fully saturated rings. The monoisotopic (exact) mass is 431 g/mol. The highest BCUT2D eigenvalue weighted by molar-refractivity contribution is 6.11. The normalized spacial score (nSPS) is 16.0. The number of anilines is 1. The Morgan fingerprint density at radius 1 is 1.16 bits per heavy atom. The van der Waals surface area contributed by atoms with Crippen LogP contribution in [-0.2, 0) is 11.3 Å². The van der Waals surface area contributed by atoms with Crippen molar-refractivity contribution in [2.45, 2.75) is 26.4 Å². The van der Waals surface area contributed by atoms with Crippen molar-refractivity contribution < 1.29 is 14.4 Å². The van der Waals surface area contributed by atoms with Gasteiger partial charge in [0.25, 0.3) is 11.8 Å². The predicted octanol–water partition coefficient (Wildman–Crippen LogP) is 2.83. The predicted molar refractivity (Wildman–Crippen MR) is 121 cm³/mol. The lowest BCUT2D eigenvalue weighted by Crippen LogP contribution is -2.45. The number of carbonyl (C=O) groups is 3. The van der Waals surface area contributed by atoms with E-state index in [1.165, 1.54) is 4.90 Å². The summed E-state index contributed by atoms with van der Waals surface area (Å²) >= 11 is 0. The zero-order chi connectivity index (χ0) is 22.8. The maximum absolute atomic E-state index is 13.5. The molecule has 0 saturated heterocycles. The van der Waals surface area contributed by atoms with Crippen molar-refractivity contribution in [3.63, 3.8) is 0 Å². The highest BCUT2D eigenvalue weighted by atomic mass is 16.2. The number of carbonyl (C=O) groups excluding carboxylic acids is 3. The number of nitrogens with one attached hydrogen (secondary N) is 2. The summed E-state index contributed by atoms with van der Waals surface area (Å²) in [6.45, 7) is 4.34. The van der Waals surface area contributed by atoms with Crippen LogP contribution in [0.15, 0.2) is 54.9 Å². The molecular weight excluding hydrogens is 406 g/mol. The lowest BCUT2D eigenvalue weighted by atomic mass is 10.0. The van der Waals surface area contributed by atoms with Crippen LogP contribution in [0.1, 0.15) is 40.1 Å². The van der Waals surface area contributed by atoms with Crippen LogP contribution in [0.4, 0.5) is 5.69 Å². The largest absolute Gasteiger partial charge is 0.352 e. The van der Waals surface area contributed by atoms with Gasteiger partial charge in [-0.1, -0.05) is 18.2 Å². The molecule has 0 spiro atoms. The second-order valence-corrected chi connectivity index (χ2v) is 7.79. The van der Waals surface area contributed by atoms with Gasteiger partial charge in [-0.3, -0.25) is 19.5 Å². The molecule has 2 heterocycles. The summed E-state index contributed by atoms with van der Waals surface area (Å²) in [5.74, 6) is -0.578. The quantitative estimate of drug-likeness (QED) is 0.649. The Kier molecular flexibility index (Phi) is 5.77. The van der Waals surface area contributed by atoms with Crippen molar-refractivity contribution >= 4 is 23.4 Å². The number of nitrogens with zero attached hydrogens (tertiary/aromatic N) is 3. The minimum Gasteiger partial charge on any atom is -0.352 e. The number of benzene rings is 2. The van der Waals surface area contributed by atoms with Crippen molar-refractivity contribution in [1.29, 1.82) is 0 Å². The summed E-state index contributed by atoms with van der Waals surface area (Å²) in [6, 6.07) is 11.9. The van der Waals surface area contributed by atoms with Gasteiger partial charge in [-0.15, -0.1) is 0 Å². The molecule has 0 saturated carbocycles. The van der Waals surface area contributed by atoms with Crippen molar-refractivity contribution in [2.75, 3.05) is 18.5 Å². The summed E-state index contributed by atoms with van der Waals surface area (Å²) in [5.41, 5.74) is 4.05. The van der Waals surface area contributed by atoms with Crippen LogP contribution in [0.5, 0.6) is 0 Å². The molecule has 0 radical (unpaired) electrons. The third kappa shape index (κ3) is 3.87. The fourth-order valence-corrected chi connectivity index (χ4v) is 3.92. The van der Waals surface area contributed by atoms with Crippen LogP contribution in [-0.4, -0.2) is 52.5 Å². The van der Waals surface area contributed by atoms with Gasteiger partial charge in [0, 0.05) is 37.5 Å². The molecule has 32 heavy (non-hydrogen) atoms. The van der Waals surface area contributed by atoms with Gasteiger partial charge >= 0.3 is 0 Å². The van der Waals surface area contributed by atoms with Crippen LogP contribution in [0.2, 0.25) is 0 Å². The standard InChI is InChI=1S/C24H25N5O3/c1-4-25-22(30)18-7-5-6-16(10-18)14-29-15(2)23(31)28(3)21-11-17(19-12-26-27-13-19)8-9-20(21)24(29)32/h5-13,15H,4,14H2,1-3H3,(H,25,30)(H,26,27)/t15-/m1/s1. The smallest absolute Gasteiger partial charge is 0.256 e. The lowest BCUT2D eigenvalue weighted by Gasteiger charge is -2.27. The van der Waals surface area contributed by atoms with E-state index < -0.39 is 6.04 Å². The minimum atomic E-state index is -0.662. The van der Waals surface area contributed by atoms with E-state index in [2.05, 4.69) is 15.5 Å². The Balaban J connectivity index is 1.69. The molecule has 0 aliphatic carbocycles. The van der Waals surface area contributed by atoms with E-state index in [1.54, 1.807) is 55.5 Å². The van der Waals surface area contributed by atoms with E-state index in [-0.39, 0.29) is 24.3 Å². The van der Waals surface area contributed by atoms with Crippen molar-refractivity contribution in [3.05, 3.63) is 71.5 Å². The number of hydrogen-bond acceptors (Lipinski definition) is 4. The summed E-state index contributed by atoms with van der Waals surface area (Å²) in [4.78, 5) is 42.0. The number of fused-ring (bicyclic) bond motifs is 1. The van der Waals surface area contributed by atoms with Gasteiger partial charge in [0.05, 0.1) is 17.4 Å². The topological polar surface area (TPSA) is 98.4 Å². The Hall–Kier alpha value is -3.94. The fraction of sp³-hybridized carbons (Fsp3) is 0.250. The average molecular weight is 431 g/mol. The molecule has 2 aromatic carbocycles. The Morgan fingerprint density at radius 3 is 2.69 bits per heavy atom. The molecule has 2 N–H and O–H groups in total. The molecule has 164 valence electrons. The number of likely N-dealkylation sites (N-methyl/N-ethyl adjacent to an activating group) is 1. The molecule has 3 aromatic rings. The zero-order valence-corrected chi connectivity index (χ0v) is 18.3. The summed E-state index contributed by atoms with van der Waals surface area (Å²) in [6.07, 6.45) is 3.46. The first-order chi connectivity index (χ1) is 15.4. The molecule has 1 atom stereocenters. The first-order valence-corrected chi connectivity index (χ1v) is 10.5. The maximum Gasteiger partial charge on any atom is 0.256 e. The molecular formula is C24H25N5O3. The van der Waals surface area contributed by atoms with E-state index >= 15 is 0 Å². The molecule has 8 nitrogen and oxygen atoms in total. The second kappa shape index (κ2) is 8.66. The Morgan fingerprint density at radius 2 is 1.97 bits per heavy atom. The lowest BCUT2D eigenvalue weighted by molar-refractivity contribution is -0.122. The molecule has 1 aliphatic heterocycles. The maximum atomic E-state index is 13.5. The number of aromatic nitrogens is 2. The highest BCUT2D eigenvalue weighted by Gasteiger charge is 2.35. The number of H-pyrrole nitrogens is 1. The first kappa shape index (κ1) is 21.3. The van der Waals surface area contributed by atoms with E-state index in [1.807, 2.05) is 25.1 Å². The number of amides is 3.